The molecule has 0 saturated heterocycles. The molecule has 0 aromatic heterocycles. The van der Waals surface area contributed by atoms with E-state index in [9.17, 15) is 48.9 Å². The molecule has 12 nitrogen and oxygen atoms in total. The maximum Gasteiger partial charge on any atom is 0.326 e. The second-order valence-corrected chi connectivity index (χ2v) is 11.0. The van der Waals surface area contributed by atoms with Crippen molar-refractivity contribution in [2.75, 3.05) is 0 Å². The van der Waals surface area contributed by atoms with Crippen LogP contribution in [-0.4, -0.2) is 68.7 Å². The molecule has 0 heterocycles. The van der Waals surface area contributed by atoms with Gasteiger partial charge in [0, 0.05) is 32.1 Å². The third-order valence-electron chi connectivity index (χ3n) is 7.08. The van der Waals surface area contributed by atoms with Crippen LogP contribution in [0.25, 0.3) is 0 Å². The number of urea groups is 1. The van der Waals surface area contributed by atoms with Crippen molar-refractivity contribution in [3.63, 3.8) is 0 Å². The van der Waals surface area contributed by atoms with Gasteiger partial charge in [-0.1, -0.05) is 51.9 Å². The van der Waals surface area contributed by atoms with Gasteiger partial charge in [-0.25, -0.2) is 14.4 Å². The number of Topliss-reactive ketones (excluding diaryl/α,β-unsaturated/α-hetero) is 3. The van der Waals surface area contributed by atoms with Crippen molar-refractivity contribution in [3.05, 3.63) is 0 Å². The lowest BCUT2D eigenvalue weighted by atomic mass is 9.94. The molecule has 0 saturated carbocycles. The van der Waals surface area contributed by atoms with Crippen molar-refractivity contribution >= 4 is 41.3 Å². The third kappa shape index (κ3) is 20.5. The minimum atomic E-state index is -1.32. The Labute approximate surface area is 248 Å². The standard InChI is InChI=1S/C30H50N2O10/c1-3-4-8-13-22(27(36)37)20-24(35)16-10-6-5-9-14-23(34)15-11-7-12-17-25(28(38)39)31-30(42)32-26(29(40)41)19-18-21(2)33/h22,25-26H,3-20H2,1-2H3,(H,36,37)(H,38,39)(H,40,41)(H2,31,32,42). The lowest BCUT2D eigenvalue weighted by Gasteiger charge is -2.18. The highest BCUT2D eigenvalue weighted by molar-refractivity contribution is 5.86. The highest BCUT2D eigenvalue weighted by Gasteiger charge is 2.24. The number of hydrogen-bond acceptors (Lipinski definition) is 7. The predicted octanol–water partition coefficient (Wildman–Crippen LogP) is 4.66. The quantitative estimate of drug-likeness (QED) is 0.0827. The summed E-state index contributed by atoms with van der Waals surface area (Å²) in [5, 5.41) is 32.3. The van der Waals surface area contributed by atoms with Crippen LogP contribution in [0.4, 0.5) is 4.79 Å². The van der Waals surface area contributed by atoms with Crippen molar-refractivity contribution < 1.29 is 48.9 Å². The molecule has 2 amide bonds. The van der Waals surface area contributed by atoms with Crippen LogP contribution in [0.3, 0.4) is 0 Å². The number of amides is 2. The third-order valence-corrected chi connectivity index (χ3v) is 7.08. The Bertz CT molecular complexity index is 889. The van der Waals surface area contributed by atoms with Crippen LogP contribution in [0.15, 0.2) is 0 Å². The molecule has 5 N–H and O–H groups in total. The van der Waals surface area contributed by atoms with Gasteiger partial charge in [-0.3, -0.25) is 14.4 Å². The minimum Gasteiger partial charge on any atom is -0.481 e. The molecule has 0 bridgehead atoms. The van der Waals surface area contributed by atoms with E-state index in [1.807, 2.05) is 6.92 Å². The van der Waals surface area contributed by atoms with Crippen LogP contribution in [0.1, 0.15) is 129 Å². The molecule has 3 atom stereocenters. The van der Waals surface area contributed by atoms with Gasteiger partial charge in [0.15, 0.2) is 0 Å². The van der Waals surface area contributed by atoms with Gasteiger partial charge < -0.3 is 30.7 Å². The van der Waals surface area contributed by atoms with Crippen molar-refractivity contribution in [3.8, 4) is 0 Å². The first kappa shape index (κ1) is 38.7. The maximum absolute atomic E-state index is 12.1. The monoisotopic (exact) mass is 598 g/mol. The van der Waals surface area contributed by atoms with Crippen LogP contribution in [0.5, 0.6) is 0 Å². The Balaban J connectivity index is 4.10. The molecular weight excluding hydrogens is 548 g/mol. The number of hydrogen-bond donors (Lipinski definition) is 5. The molecule has 0 aliphatic rings. The summed E-state index contributed by atoms with van der Waals surface area (Å²) in [4.78, 5) is 81.6. The Kier molecular flexibility index (Phi) is 21.4. The maximum atomic E-state index is 12.1. The molecule has 0 aliphatic heterocycles. The summed E-state index contributed by atoms with van der Waals surface area (Å²) in [5.41, 5.74) is 0. The van der Waals surface area contributed by atoms with Crippen LogP contribution >= 0.6 is 0 Å². The first-order valence-electron chi connectivity index (χ1n) is 15.2. The zero-order valence-electron chi connectivity index (χ0n) is 25.2. The summed E-state index contributed by atoms with van der Waals surface area (Å²) >= 11 is 0. The number of carbonyl (C=O) groups excluding carboxylic acids is 4. The highest BCUT2D eigenvalue weighted by atomic mass is 16.4. The van der Waals surface area contributed by atoms with E-state index in [0.717, 1.165) is 32.1 Å². The second-order valence-electron chi connectivity index (χ2n) is 11.0. The van der Waals surface area contributed by atoms with E-state index in [1.165, 1.54) is 6.92 Å². The summed E-state index contributed by atoms with van der Waals surface area (Å²) in [5.74, 6) is -4.23. The van der Waals surface area contributed by atoms with Crippen LogP contribution < -0.4 is 10.6 Å². The molecule has 0 spiro atoms. The summed E-state index contributed by atoms with van der Waals surface area (Å²) in [7, 11) is 0. The fourth-order valence-corrected chi connectivity index (χ4v) is 4.52. The number of carboxylic acid groups (broad SMARTS) is 3. The number of carbonyl (C=O) groups is 7. The molecule has 42 heavy (non-hydrogen) atoms. The number of unbranched alkanes of at least 4 members (excludes halogenated alkanes) is 7. The van der Waals surface area contributed by atoms with Crippen molar-refractivity contribution in [1.29, 1.82) is 0 Å². The van der Waals surface area contributed by atoms with E-state index in [0.29, 0.717) is 57.8 Å². The Hall–Kier alpha value is -3.31. The fraction of sp³-hybridized carbons (Fsp3) is 0.767. The van der Waals surface area contributed by atoms with Gasteiger partial charge >= 0.3 is 23.9 Å². The van der Waals surface area contributed by atoms with Crippen LogP contribution in [-0.2, 0) is 28.8 Å². The molecule has 0 aliphatic carbocycles. The molecule has 240 valence electrons. The lowest BCUT2D eigenvalue weighted by molar-refractivity contribution is -0.144. The van der Waals surface area contributed by atoms with Crippen molar-refractivity contribution in [2.24, 2.45) is 5.92 Å². The molecule has 0 radical (unpaired) electrons. The van der Waals surface area contributed by atoms with Gasteiger partial charge in [-0.2, -0.15) is 0 Å². The number of ketones is 3. The number of nitrogens with one attached hydrogen (secondary N) is 2. The van der Waals surface area contributed by atoms with Crippen LogP contribution in [0.2, 0.25) is 0 Å². The van der Waals surface area contributed by atoms with E-state index in [1.54, 1.807) is 0 Å². The van der Waals surface area contributed by atoms with Gasteiger partial charge in [0.25, 0.3) is 0 Å². The van der Waals surface area contributed by atoms with Gasteiger partial charge in [-0.15, -0.1) is 0 Å². The first-order chi connectivity index (χ1) is 19.9. The average Bonchev–Trinajstić information content (AvgIpc) is 2.91. The zero-order chi connectivity index (χ0) is 31.9. The van der Waals surface area contributed by atoms with Crippen molar-refractivity contribution in [2.45, 2.75) is 142 Å². The number of aliphatic carboxylic acids is 3. The number of rotatable bonds is 27. The smallest absolute Gasteiger partial charge is 0.326 e. The molecule has 3 unspecified atom stereocenters. The predicted molar refractivity (Wildman–Crippen MR) is 155 cm³/mol. The summed E-state index contributed by atoms with van der Waals surface area (Å²) in [6.45, 7) is 3.35. The van der Waals surface area contributed by atoms with Gasteiger partial charge in [0.1, 0.15) is 29.4 Å². The molecule has 0 aromatic rings. The highest BCUT2D eigenvalue weighted by Crippen LogP contribution is 2.17. The second kappa shape index (κ2) is 23.3. The van der Waals surface area contributed by atoms with Crippen LogP contribution in [0, 0.1) is 5.92 Å². The van der Waals surface area contributed by atoms with E-state index in [-0.39, 0.29) is 43.0 Å². The van der Waals surface area contributed by atoms with Gasteiger partial charge in [0.05, 0.1) is 5.92 Å². The molecule has 0 fully saturated rings. The topological polar surface area (TPSA) is 204 Å². The Morgan fingerprint density at radius 3 is 1.50 bits per heavy atom. The minimum absolute atomic E-state index is 0.0231. The molecule has 12 heteroatoms. The van der Waals surface area contributed by atoms with E-state index < -0.39 is 41.9 Å². The zero-order valence-corrected chi connectivity index (χ0v) is 25.2. The Morgan fingerprint density at radius 1 is 0.548 bits per heavy atom. The molecule has 0 rings (SSSR count). The van der Waals surface area contributed by atoms with E-state index in [2.05, 4.69) is 10.6 Å². The SMILES string of the molecule is CCCCCC(CC(=O)CCCCCCC(=O)CCCCCC(NC(=O)NC(CCC(C)=O)C(=O)O)C(=O)O)C(=O)O. The van der Waals surface area contributed by atoms with Crippen molar-refractivity contribution in [1.82, 2.24) is 10.6 Å². The molecule has 0 aromatic carbocycles. The summed E-state index contributed by atoms with van der Waals surface area (Å²) < 4.78 is 0. The first-order valence-corrected chi connectivity index (χ1v) is 15.2. The average molecular weight is 599 g/mol. The summed E-state index contributed by atoms with van der Waals surface area (Å²) in [6.07, 6.45) is 9.17. The van der Waals surface area contributed by atoms with Gasteiger partial charge in [-0.05, 0) is 45.4 Å². The number of carboxylic acids is 3. The van der Waals surface area contributed by atoms with Gasteiger partial charge in [0.2, 0.25) is 0 Å². The normalized spacial score (nSPS) is 13.0. The largest absolute Gasteiger partial charge is 0.481 e. The van der Waals surface area contributed by atoms with E-state index in [4.69, 9.17) is 0 Å². The summed E-state index contributed by atoms with van der Waals surface area (Å²) in [6, 6.07) is -3.47. The fourth-order valence-electron chi connectivity index (χ4n) is 4.52. The lowest BCUT2D eigenvalue weighted by Crippen LogP contribution is -2.51. The van der Waals surface area contributed by atoms with E-state index >= 15 is 0 Å². The molecular formula is C30H50N2O10. The Morgan fingerprint density at radius 2 is 1.02 bits per heavy atom.